The Morgan fingerprint density at radius 3 is 2.48 bits per heavy atom. The molecule has 1 aromatic heterocycles. The Kier molecular flexibility index (Phi) is 5.23. The summed E-state index contributed by atoms with van der Waals surface area (Å²) in [6.07, 6.45) is 0.574. The van der Waals surface area contributed by atoms with Crippen LogP contribution in [-0.4, -0.2) is 16.5 Å². The highest BCUT2D eigenvalue weighted by molar-refractivity contribution is 5.57. The van der Waals surface area contributed by atoms with Crippen molar-refractivity contribution >= 4 is 17.5 Å². The van der Waals surface area contributed by atoms with Crippen molar-refractivity contribution in [3.63, 3.8) is 0 Å². The van der Waals surface area contributed by atoms with Crippen LogP contribution >= 0.6 is 0 Å². The van der Waals surface area contributed by atoms with E-state index < -0.39 is 0 Å². The van der Waals surface area contributed by atoms with Gasteiger partial charge in [-0.3, -0.25) is 0 Å². The third kappa shape index (κ3) is 4.76. The minimum atomic E-state index is -0.184. The summed E-state index contributed by atoms with van der Waals surface area (Å²) in [4.78, 5) is 8.87. The fourth-order valence-corrected chi connectivity index (χ4v) is 2.51. The normalized spacial score (nSPS) is 10.5. The second kappa shape index (κ2) is 7.75. The largest absolute Gasteiger partial charge is 0.354 e. The van der Waals surface area contributed by atoms with Crippen LogP contribution in [0.3, 0.4) is 0 Å². The number of nitrogens with one attached hydrogen (secondary N) is 2. The first-order chi connectivity index (χ1) is 12.1. The van der Waals surface area contributed by atoms with E-state index in [4.69, 9.17) is 0 Å². The molecule has 3 aromatic rings. The first kappa shape index (κ1) is 16.9. The minimum absolute atomic E-state index is 0.184. The number of nitrogens with zero attached hydrogens (tertiary/aromatic N) is 2. The molecule has 3 rings (SSSR count). The van der Waals surface area contributed by atoms with Gasteiger partial charge in [-0.25, -0.2) is 9.37 Å². The summed E-state index contributed by atoms with van der Waals surface area (Å²) in [5, 5.41) is 6.45. The topological polar surface area (TPSA) is 49.8 Å². The molecule has 128 valence electrons. The Bertz CT molecular complexity index is 847. The van der Waals surface area contributed by atoms with Crippen LogP contribution in [0.5, 0.6) is 0 Å². The van der Waals surface area contributed by atoms with Crippen molar-refractivity contribution in [2.45, 2.75) is 20.3 Å². The van der Waals surface area contributed by atoms with Gasteiger partial charge in [0.15, 0.2) is 0 Å². The summed E-state index contributed by atoms with van der Waals surface area (Å²) < 4.78 is 13.6. The van der Waals surface area contributed by atoms with Crippen LogP contribution in [0.2, 0.25) is 0 Å². The maximum atomic E-state index is 13.6. The van der Waals surface area contributed by atoms with Gasteiger partial charge < -0.3 is 10.6 Å². The van der Waals surface area contributed by atoms with Crippen molar-refractivity contribution in [1.82, 2.24) is 9.97 Å². The molecule has 0 saturated carbocycles. The molecule has 0 saturated heterocycles. The van der Waals surface area contributed by atoms with Crippen molar-refractivity contribution in [3.8, 4) is 0 Å². The molecule has 0 spiro atoms. The van der Waals surface area contributed by atoms with Crippen molar-refractivity contribution in [2.75, 3.05) is 17.2 Å². The van der Waals surface area contributed by atoms with Crippen molar-refractivity contribution in [1.29, 1.82) is 0 Å². The Labute approximate surface area is 147 Å². The number of hydrogen-bond acceptors (Lipinski definition) is 4. The summed E-state index contributed by atoms with van der Waals surface area (Å²) in [6.45, 7) is 4.54. The summed E-state index contributed by atoms with van der Waals surface area (Å²) >= 11 is 0. The molecule has 0 unspecified atom stereocenters. The van der Waals surface area contributed by atoms with Crippen LogP contribution in [-0.2, 0) is 6.42 Å². The number of aryl methyl sites for hydroxylation is 2. The van der Waals surface area contributed by atoms with Gasteiger partial charge in [0.2, 0.25) is 5.95 Å². The number of rotatable bonds is 6. The lowest BCUT2D eigenvalue weighted by Crippen LogP contribution is -2.10. The molecule has 4 nitrogen and oxygen atoms in total. The molecule has 0 bridgehead atoms. The van der Waals surface area contributed by atoms with E-state index in [1.54, 1.807) is 12.1 Å². The average Bonchev–Trinajstić information content (AvgIpc) is 2.58. The second-order valence-corrected chi connectivity index (χ2v) is 5.98. The van der Waals surface area contributed by atoms with E-state index in [9.17, 15) is 4.39 Å². The van der Waals surface area contributed by atoms with E-state index in [1.807, 2.05) is 43.3 Å². The molecule has 2 N–H and O–H groups in total. The molecular weight excluding hydrogens is 315 g/mol. The van der Waals surface area contributed by atoms with Gasteiger partial charge in [-0.2, -0.15) is 4.98 Å². The van der Waals surface area contributed by atoms with Crippen LogP contribution in [0.25, 0.3) is 0 Å². The van der Waals surface area contributed by atoms with E-state index in [2.05, 4.69) is 27.5 Å². The molecule has 0 fully saturated rings. The molecule has 0 aliphatic rings. The predicted octanol–water partition coefficient (Wildman–Crippen LogP) is 4.63. The van der Waals surface area contributed by atoms with Gasteiger partial charge in [-0.05, 0) is 44.0 Å². The highest BCUT2D eigenvalue weighted by Gasteiger charge is 2.04. The molecule has 0 amide bonds. The van der Waals surface area contributed by atoms with Gasteiger partial charge in [0, 0.05) is 24.0 Å². The number of aromatic nitrogens is 2. The van der Waals surface area contributed by atoms with E-state index >= 15 is 0 Å². The number of anilines is 3. The molecule has 0 atom stereocenters. The van der Waals surface area contributed by atoms with Gasteiger partial charge in [-0.1, -0.05) is 35.9 Å². The van der Waals surface area contributed by atoms with Crippen LogP contribution in [0.15, 0.2) is 54.6 Å². The third-order valence-electron chi connectivity index (χ3n) is 3.81. The predicted molar refractivity (Wildman–Crippen MR) is 99.8 cm³/mol. The van der Waals surface area contributed by atoms with Crippen molar-refractivity contribution in [2.24, 2.45) is 0 Å². The van der Waals surface area contributed by atoms with E-state index in [0.29, 0.717) is 24.5 Å². The zero-order chi connectivity index (χ0) is 17.6. The monoisotopic (exact) mass is 336 g/mol. The van der Waals surface area contributed by atoms with E-state index in [1.165, 1.54) is 11.6 Å². The Morgan fingerprint density at radius 1 is 0.960 bits per heavy atom. The lowest BCUT2D eigenvalue weighted by Gasteiger charge is -2.10. The summed E-state index contributed by atoms with van der Waals surface area (Å²) in [5.74, 6) is 1.08. The fourth-order valence-electron chi connectivity index (χ4n) is 2.51. The lowest BCUT2D eigenvalue weighted by molar-refractivity contribution is 0.610. The van der Waals surface area contributed by atoms with Crippen molar-refractivity contribution < 1.29 is 4.39 Å². The van der Waals surface area contributed by atoms with Crippen LogP contribution in [0.1, 0.15) is 16.8 Å². The SMILES string of the molecule is Cc1ccc(Nc2cc(C)nc(NCCc3ccccc3F)n2)cc1. The maximum absolute atomic E-state index is 13.6. The Hall–Kier alpha value is -2.95. The van der Waals surface area contributed by atoms with Crippen LogP contribution < -0.4 is 10.6 Å². The second-order valence-electron chi connectivity index (χ2n) is 5.98. The fraction of sp³-hybridized carbons (Fsp3) is 0.200. The minimum Gasteiger partial charge on any atom is -0.354 e. The number of halogens is 1. The summed E-state index contributed by atoms with van der Waals surface area (Å²) in [6, 6.07) is 16.8. The molecular formula is C20H21FN4. The highest BCUT2D eigenvalue weighted by Crippen LogP contribution is 2.17. The van der Waals surface area contributed by atoms with Gasteiger partial charge in [0.25, 0.3) is 0 Å². The van der Waals surface area contributed by atoms with Crippen LogP contribution in [0, 0.1) is 19.7 Å². The maximum Gasteiger partial charge on any atom is 0.224 e. The van der Waals surface area contributed by atoms with Gasteiger partial charge in [0.05, 0.1) is 0 Å². The van der Waals surface area contributed by atoms with Gasteiger partial charge in [0.1, 0.15) is 11.6 Å². The molecule has 25 heavy (non-hydrogen) atoms. The quantitative estimate of drug-likeness (QED) is 0.689. The first-order valence-corrected chi connectivity index (χ1v) is 8.27. The highest BCUT2D eigenvalue weighted by atomic mass is 19.1. The molecule has 5 heteroatoms. The van der Waals surface area contributed by atoms with Crippen molar-refractivity contribution in [3.05, 3.63) is 77.2 Å². The van der Waals surface area contributed by atoms with E-state index in [-0.39, 0.29) is 5.82 Å². The average molecular weight is 336 g/mol. The zero-order valence-electron chi connectivity index (χ0n) is 14.4. The van der Waals surface area contributed by atoms with Gasteiger partial charge >= 0.3 is 0 Å². The molecule has 1 heterocycles. The summed E-state index contributed by atoms with van der Waals surface area (Å²) in [5.41, 5.74) is 3.72. The summed E-state index contributed by atoms with van der Waals surface area (Å²) in [7, 11) is 0. The molecule has 0 aliphatic carbocycles. The Balaban J connectivity index is 1.65. The smallest absolute Gasteiger partial charge is 0.224 e. The number of benzene rings is 2. The molecule has 0 radical (unpaired) electrons. The zero-order valence-corrected chi connectivity index (χ0v) is 14.4. The molecule has 0 aliphatic heterocycles. The number of hydrogen-bond donors (Lipinski definition) is 2. The van der Waals surface area contributed by atoms with Gasteiger partial charge in [-0.15, -0.1) is 0 Å². The standard InChI is InChI=1S/C20H21FN4/c1-14-7-9-17(10-8-14)24-19-13-15(2)23-20(25-19)22-12-11-16-5-3-4-6-18(16)21/h3-10,13H,11-12H2,1-2H3,(H2,22,23,24,25). The Morgan fingerprint density at radius 2 is 1.72 bits per heavy atom. The van der Waals surface area contributed by atoms with E-state index in [0.717, 1.165) is 17.2 Å². The third-order valence-corrected chi connectivity index (χ3v) is 3.81. The van der Waals surface area contributed by atoms with Crippen LogP contribution in [0.4, 0.5) is 21.8 Å². The first-order valence-electron chi connectivity index (χ1n) is 8.27. The lowest BCUT2D eigenvalue weighted by atomic mass is 10.1. The molecule has 2 aromatic carbocycles.